The van der Waals surface area contributed by atoms with E-state index in [1.54, 1.807) is 0 Å². The molecule has 3 heterocycles. The second-order valence-corrected chi connectivity index (χ2v) is 10.7. The van der Waals surface area contributed by atoms with Crippen molar-refractivity contribution in [2.75, 3.05) is 19.6 Å². The van der Waals surface area contributed by atoms with E-state index in [1.165, 1.54) is 0 Å². The Balaban J connectivity index is 1.24. The standard InChI is InChI=1S/C25H33FN6O/c1-25(2,3)32-13-18(11-27-32)17-6-9-22-21(10-17)23(30-29-22)24(33)28-20-7-4-16(5-8-20)12-31-14-19(26)15-31/h6,9-11,13,16,19-20H,4-5,7-8,12,14-15H2,1-3H3,(H,28,33)(H,29,30)/t16-,20-. The summed E-state index contributed by atoms with van der Waals surface area (Å²) in [7, 11) is 0. The normalized spacial score (nSPS) is 22.4. The highest BCUT2D eigenvalue weighted by atomic mass is 19.1. The number of aromatic amines is 1. The molecule has 2 aliphatic rings. The van der Waals surface area contributed by atoms with Crippen LogP contribution in [0.4, 0.5) is 4.39 Å². The van der Waals surface area contributed by atoms with Gasteiger partial charge in [0.2, 0.25) is 0 Å². The third-order valence-corrected chi connectivity index (χ3v) is 6.99. The smallest absolute Gasteiger partial charge is 0.272 e. The van der Waals surface area contributed by atoms with Crippen LogP contribution in [0.25, 0.3) is 22.0 Å². The summed E-state index contributed by atoms with van der Waals surface area (Å²) in [6, 6.07) is 6.17. The predicted octanol–water partition coefficient (Wildman–Crippen LogP) is 4.12. The van der Waals surface area contributed by atoms with E-state index in [4.69, 9.17) is 0 Å². The molecule has 2 fully saturated rings. The second kappa shape index (κ2) is 8.56. The average Bonchev–Trinajstić information content (AvgIpc) is 3.41. The molecule has 2 aromatic heterocycles. The van der Waals surface area contributed by atoms with Crippen LogP contribution in [0.3, 0.4) is 0 Å². The van der Waals surface area contributed by atoms with Crippen molar-refractivity contribution < 1.29 is 9.18 Å². The highest BCUT2D eigenvalue weighted by molar-refractivity contribution is 6.05. The number of likely N-dealkylation sites (tertiary alicyclic amines) is 1. The van der Waals surface area contributed by atoms with Crippen LogP contribution in [-0.4, -0.2) is 62.6 Å². The molecule has 1 aliphatic heterocycles. The molecular weight excluding hydrogens is 419 g/mol. The van der Waals surface area contributed by atoms with Crippen molar-refractivity contribution in [3.63, 3.8) is 0 Å². The first-order valence-corrected chi connectivity index (χ1v) is 12.0. The van der Waals surface area contributed by atoms with Gasteiger partial charge in [0.25, 0.3) is 5.91 Å². The zero-order chi connectivity index (χ0) is 23.2. The summed E-state index contributed by atoms with van der Waals surface area (Å²) in [6.45, 7) is 8.50. The minimum absolute atomic E-state index is 0.0903. The minimum Gasteiger partial charge on any atom is -0.348 e. The van der Waals surface area contributed by atoms with Crippen molar-refractivity contribution in [3.05, 3.63) is 36.3 Å². The van der Waals surface area contributed by atoms with E-state index in [2.05, 4.69) is 46.3 Å². The maximum absolute atomic E-state index is 13.1. The molecule has 8 heteroatoms. The lowest BCUT2D eigenvalue weighted by molar-refractivity contribution is 0.0440. The number of nitrogens with zero attached hydrogens (tertiary/aromatic N) is 4. The Morgan fingerprint density at radius 1 is 1.18 bits per heavy atom. The van der Waals surface area contributed by atoms with Gasteiger partial charge in [-0.15, -0.1) is 0 Å². The highest BCUT2D eigenvalue weighted by Gasteiger charge is 2.30. The molecule has 0 radical (unpaired) electrons. The number of hydrogen-bond acceptors (Lipinski definition) is 4. The molecule has 5 rings (SSSR count). The molecule has 7 nitrogen and oxygen atoms in total. The number of halogens is 1. The maximum Gasteiger partial charge on any atom is 0.272 e. The van der Waals surface area contributed by atoms with Gasteiger partial charge < -0.3 is 5.32 Å². The largest absolute Gasteiger partial charge is 0.348 e. The molecule has 1 saturated heterocycles. The summed E-state index contributed by atoms with van der Waals surface area (Å²) in [5.41, 5.74) is 3.21. The van der Waals surface area contributed by atoms with E-state index in [-0.39, 0.29) is 17.5 Å². The van der Waals surface area contributed by atoms with Gasteiger partial charge in [0.1, 0.15) is 6.17 Å². The fourth-order valence-electron chi connectivity index (χ4n) is 4.97. The van der Waals surface area contributed by atoms with Crippen LogP contribution in [0.15, 0.2) is 30.6 Å². The summed E-state index contributed by atoms with van der Waals surface area (Å²) >= 11 is 0. The molecule has 2 N–H and O–H groups in total. The van der Waals surface area contributed by atoms with Crippen LogP contribution in [-0.2, 0) is 5.54 Å². The van der Waals surface area contributed by atoms with Gasteiger partial charge in [0.05, 0.1) is 17.3 Å². The van der Waals surface area contributed by atoms with Crippen LogP contribution in [0.1, 0.15) is 56.9 Å². The lowest BCUT2D eigenvalue weighted by atomic mass is 9.85. The molecule has 0 unspecified atom stereocenters. The van der Waals surface area contributed by atoms with Gasteiger partial charge in [-0.2, -0.15) is 10.2 Å². The molecule has 1 aromatic carbocycles. The van der Waals surface area contributed by atoms with Crippen molar-refractivity contribution in [1.29, 1.82) is 0 Å². The number of amides is 1. The Bertz CT molecular complexity index is 1130. The molecule has 1 aliphatic carbocycles. The first kappa shape index (κ1) is 22.1. The molecule has 176 valence electrons. The SMILES string of the molecule is CC(C)(C)n1cc(-c2ccc3[nH]nc(C(=O)N[C@H]4CC[C@H](CN5CC(F)C5)CC4)c3c2)cn1. The van der Waals surface area contributed by atoms with Crippen LogP contribution < -0.4 is 5.32 Å². The van der Waals surface area contributed by atoms with Crippen LogP contribution in [0.2, 0.25) is 0 Å². The monoisotopic (exact) mass is 452 g/mol. The van der Waals surface area contributed by atoms with Gasteiger partial charge in [-0.3, -0.25) is 19.5 Å². The van der Waals surface area contributed by atoms with E-state index in [0.717, 1.165) is 54.3 Å². The summed E-state index contributed by atoms with van der Waals surface area (Å²) in [5, 5.41) is 15.8. The molecule has 33 heavy (non-hydrogen) atoms. The number of aromatic nitrogens is 4. The number of carbonyl (C=O) groups is 1. The van der Waals surface area contributed by atoms with E-state index >= 15 is 0 Å². The van der Waals surface area contributed by atoms with Crippen LogP contribution in [0.5, 0.6) is 0 Å². The van der Waals surface area contributed by atoms with Gasteiger partial charge in [-0.1, -0.05) is 6.07 Å². The fraction of sp³-hybridized carbons (Fsp3) is 0.560. The average molecular weight is 453 g/mol. The zero-order valence-electron chi connectivity index (χ0n) is 19.6. The Morgan fingerprint density at radius 3 is 2.61 bits per heavy atom. The summed E-state index contributed by atoms with van der Waals surface area (Å²) in [6.07, 6.45) is 7.32. The summed E-state index contributed by atoms with van der Waals surface area (Å²) in [5.74, 6) is 0.476. The molecule has 1 saturated carbocycles. The van der Waals surface area contributed by atoms with E-state index < -0.39 is 6.17 Å². The molecule has 0 bridgehead atoms. The lowest BCUT2D eigenvalue weighted by Gasteiger charge is -2.39. The van der Waals surface area contributed by atoms with Crippen LogP contribution >= 0.6 is 0 Å². The van der Waals surface area contributed by atoms with Gasteiger partial charge in [-0.25, -0.2) is 4.39 Å². The van der Waals surface area contributed by atoms with Gasteiger partial charge in [-0.05, 0) is 70.1 Å². The van der Waals surface area contributed by atoms with E-state index in [1.807, 2.05) is 35.3 Å². The summed E-state index contributed by atoms with van der Waals surface area (Å²) < 4.78 is 15.0. The Morgan fingerprint density at radius 2 is 1.94 bits per heavy atom. The third kappa shape index (κ3) is 4.67. The molecule has 0 atom stereocenters. The van der Waals surface area contributed by atoms with Crippen molar-refractivity contribution in [2.45, 2.75) is 64.2 Å². The first-order valence-electron chi connectivity index (χ1n) is 12.0. The molecule has 1 amide bonds. The number of alkyl halides is 1. The van der Waals surface area contributed by atoms with E-state index in [0.29, 0.717) is 24.7 Å². The Kier molecular flexibility index (Phi) is 5.72. The Hall–Kier alpha value is -2.74. The van der Waals surface area contributed by atoms with Gasteiger partial charge >= 0.3 is 0 Å². The zero-order valence-corrected chi connectivity index (χ0v) is 19.6. The number of fused-ring (bicyclic) bond motifs is 1. The quantitative estimate of drug-likeness (QED) is 0.610. The van der Waals surface area contributed by atoms with Crippen molar-refractivity contribution in [3.8, 4) is 11.1 Å². The van der Waals surface area contributed by atoms with Crippen LogP contribution in [0, 0.1) is 5.92 Å². The second-order valence-electron chi connectivity index (χ2n) is 10.7. The number of hydrogen-bond donors (Lipinski definition) is 2. The van der Waals surface area contributed by atoms with Gasteiger partial charge in [0, 0.05) is 42.8 Å². The molecule has 3 aromatic rings. The molecule has 0 spiro atoms. The van der Waals surface area contributed by atoms with Crippen molar-refractivity contribution >= 4 is 16.8 Å². The van der Waals surface area contributed by atoms with Crippen molar-refractivity contribution in [2.24, 2.45) is 5.92 Å². The topological polar surface area (TPSA) is 78.8 Å². The number of benzene rings is 1. The van der Waals surface area contributed by atoms with Gasteiger partial charge in [0.15, 0.2) is 5.69 Å². The highest BCUT2D eigenvalue weighted by Crippen LogP contribution is 2.29. The fourth-order valence-corrected chi connectivity index (χ4v) is 4.97. The van der Waals surface area contributed by atoms with E-state index in [9.17, 15) is 9.18 Å². The number of nitrogens with one attached hydrogen (secondary N) is 2. The number of rotatable bonds is 5. The summed E-state index contributed by atoms with van der Waals surface area (Å²) in [4.78, 5) is 15.3. The lowest BCUT2D eigenvalue weighted by Crippen LogP contribution is -2.50. The number of carbonyl (C=O) groups excluding carboxylic acids is 1. The molecular formula is C25H33FN6O. The first-order chi connectivity index (χ1) is 15.8. The maximum atomic E-state index is 13.1. The number of H-pyrrole nitrogens is 1. The van der Waals surface area contributed by atoms with Crippen molar-refractivity contribution in [1.82, 2.24) is 30.2 Å². The predicted molar refractivity (Wildman–Crippen MR) is 127 cm³/mol. The third-order valence-electron chi connectivity index (χ3n) is 6.99. The Labute approximate surface area is 193 Å². The minimum atomic E-state index is -0.639.